The zero-order valence-corrected chi connectivity index (χ0v) is 5.84. The third kappa shape index (κ3) is 1.40. The fourth-order valence-corrected chi connectivity index (χ4v) is 0.770. The lowest BCUT2D eigenvalue weighted by Crippen LogP contribution is -2.06. The van der Waals surface area contributed by atoms with Crippen LogP contribution in [-0.4, -0.2) is 9.97 Å². The minimum atomic E-state index is -0.325. The summed E-state index contributed by atoms with van der Waals surface area (Å²) < 4.78 is 0.0995. The molecule has 3 nitrogen and oxygen atoms in total. The number of hydrogen-bond donors (Lipinski definition) is 2. The molecule has 0 amide bonds. The van der Waals surface area contributed by atoms with Crippen LogP contribution in [0.4, 0.5) is 0 Å². The summed E-state index contributed by atoms with van der Waals surface area (Å²) in [7, 11) is 0. The molecule has 1 heterocycles. The summed E-state index contributed by atoms with van der Waals surface area (Å²) in [6.45, 7) is 0. The number of rotatable bonds is 0. The van der Waals surface area contributed by atoms with Crippen LogP contribution in [0.3, 0.4) is 0 Å². The first kappa shape index (κ1) is 6.51. The Morgan fingerprint density at radius 1 is 1.67 bits per heavy atom. The zero-order chi connectivity index (χ0) is 6.85. The summed E-state index contributed by atoms with van der Waals surface area (Å²) in [6.07, 6.45) is 1.35. The molecular weight excluding hydrogens is 160 g/mol. The monoisotopic (exact) mass is 162 g/mol. The van der Waals surface area contributed by atoms with Crippen LogP contribution in [0.25, 0.3) is 0 Å². The minimum Gasteiger partial charge on any atom is -0.331 e. The molecule has 0 bridgehead atoms. The number of aromatic amines is 2. The number of H-pyrrole nitrogens is 2. The first-order valence-corrected chi connectivity index (χ1v) is 2.96. The molecule has 0 unspecified atom stereocenters. The highest BCUT2D eigenvalue weighted by molar-refractivity contribution is 7.71. The van der Waals surface area contributed by atoms with Crippen molar-refractivity contribution >= 4 is 23.8 Å². The summed E-state index contributed by atoms with van der Waals surface area (Å²) in [5, 5.41) is 0.333. The van der Waals surface area contributed by atoms with Gasteiger partial charge < -0.3 is 9.97 Å². The van der Waals surface area contributed by atoms with Crippen LogP contribution in [0.5, 0.6) is 0 Å². The SMILES string of the molecule is O=c1[nH]cc(Cl)[nH]c1=S. The average molecular weight is 163 g/mol. The highest BCUT2D eigenvalue weighted by Gasteiger charge is 1.86. The van der Waals surface area contributed by atoms with Gasteiger partial charge in [0.25, 0.3) is 5.56 Å². The molecule has 1 rings (SSSR count). The van der Waals surface area contributed by atoms with E-state index in [0.29, 0.717) is 5.15 Å². The standard InChI is InChI=1S/C4H3ClN2OS/c5-2-1-6-3(8)4(9)7-2/h1H,(H,6,8)(H,7,9). The van der Waals surface area contributed by atoms with E-state index in [1.807, 2.05) is 0 Å². The first-order chi connectivity index (χ1) is 4.20. The summed E-state index contributed by atoms with van der Waals surface area (Å²) in [5.74, 6) is 0. The normalized spacial score (nSPS) is 9.44. The summed E-state index contributed by atoms with van der Waals surface area (Å²) in [4.78, 5) is 15.3. The van der Waals surface area contributed by atoms with Crippen molar-refractivity contribution in [2.24, 2.45) is 0 Å². The second-order valence-corrected chi connectivity index (χ2v) is 2.24. The van der Waals surface area contributed by atoms with Gasteiger partial charge in [0.05, 0.1) is 0 Å². The summed E-state index contributed by atoms with van der Waals surface area (Å²) in [5.41, 5.74) is -0.325. The second kappa shape index (κ2) is 2.33. The molecule has 0 saturated heterocycles. The fraction of sp³-hybridized carbons (Fsp3) is 0. The van der Waals surface area contributed by atoms with E-state index in [2.05, 4.69) is 22.2 Å². The highest BCUT2D eigenvalue weighted by atomic mass is 35.5. The van der Waals surface area contributed by atoms with Gasteiger partial charge in [-0.05, 0) is 0 Å². The lowest BCUT2D eigenvalue weighted by Gasteiger charge is -1.85. The second-order valence-electron chi connectivity index (χ2n) is 1.42. The van der Waals surface area contributed by atoms with E-state index >= 15 is 0 Å². The van der Waals surface area contributed by atoms with E-state index in [-0.39, 0.29) is 10.2 Å². The summed E-state index contributed by atoms with van der Waals surface area (Å²) in [6, 6.07) is 0. The smallest absolute Gasteiger partial charge is 0.283 e. The van der Waals surface area contributed by atoms with Gasteiger partial charge in [0.15, 0.2) is 4.64 Å². The Hall–Kier alpha value is -0.610. The molecule has 0 spiro atoms. The van der Waals surface area contributed by atoms with Gasteiger partial charge in [0.1, 0.15) is 5.15 Å². The van der Waals surface area contributed by atoms with Gasteiger partial charge in [0, 0.05) is 6.20 Å². The van der Waals surface area contributed by atoms with Crippen LogP contribution >= 0.6 is 23.8 Å². The Kier molecular flexibility index (Phi) is 1.68. The topological polar surface area (TPSA) is 48.6 Å². The Bertz CT molecular complexity index is 315. The molecule has 0 saturated carbocycles. The predicted octanol–water partition coefficient (Wildman–Crippen LogP) is 1.09. The maximum atomic E-state index is 10.5. The maximum absolute atomic E-state index is 10.5. The molecule has 0 aliphatic rings. The van der Waals surface area contributed by atoms with Crippen molar-refractivity contribution in [2.75, 3.05) is 0 Å². The Morgan fingerprint density at radius 3 is 2.78 bits per heavy atom. The van der Waals surface area contributed by atoms with E-state index < -0.39 is 0 Å². The lowest BCUT2D eigenvalue weighted by atomic mass is 10.7. The van der Waals surface area contributed by atoms with Crippen molar-refractivity contribution in [2.45, 2.75) is 0 Å². The van der Waals surface area contributed by atoms with Gasteiger partial charge in [0.2, 0.25) is 0 Å². The fourth-order valence-electron chi connectivity index (χ4n) is 0.396. The minimum absolute atomic E-state index is 0.0995. The van der Waals surface area contributed by atoms with Gasteiger partial charge in [-0.25, -0.2) is 0 Å². The number of hydrogen-bond acceptors (Lipinski definition) is 2. The number of nitrogens with one attached hydrogen (secondary N) is 2. The largest absolute Gasteiger partial charge is 0.331 e. The molecule has 48 valence electrons. The van der Waals surface area contributed by atoms with Gasteiger partial charge in [-0.2, -0.15) is 0 Å². The van der Waals surface area contributed by atoms with Crippen LogP contribution in [0, 0.1) is 4.64 Å². The van der Waals surface area contributed by atoms with E-state index in [0.717, 1.165) is 0 Å². The molecular formula is C4H3ClN2OS. The summed E-state index contributed by atoms with van der Waals surface area (Å²) >= 11 is 9.98. The van der Waals surface area contributed by atoms with Crippen LogP contribution in [0.1, 0.15) is 0 Å². The Balaban J connectivity index is 3.53. The highest BCUT2D eigenvalue weighted by Crippen LogP contribution is 1.95. The van der Waals surface area contributed by atoms with Gasteiger partial charge in [-0.15, -0.1) is 0 Å². The quantitative estimate of drug-likeness (QED) is 0.561. The van der Waals surface area contributed by atoms with Gasteiger partial charge in [-0.3, -0.25) is 4.79 Å². The zero-order valence-electron chi connectivity index (χ0n) is 4.27. The number of halogens is 1. The van der Waals surface area contributed by atoms with Gasteiger partial charge >= 0.3 is 0 Å². The van der Waals surface area contributed by atoms with Crippen molar-refractivity contribution < 1.29 is 0 Å². The third-order valence-electron chi connectivity index (χ3n) is 0.769. The molecule has 0 aromatic carbocycles. The van der Waals surface area contributed by atoms with Crippen molar-refractivity contribution in [1.82, 2.24) is 9.97 Å². The molecule has 1 aromatic heterocycles. The Morgan fingerprint density at radius 2 is 2.33 bits per heavy atom. The van der Waals surface area contributed by atoms with Crippen LogP contribution in [0.15, 0.2) is 11.0 Å². The maximum Gasteiger partial charge on any atom is 0.283 e. The van der Waals surface area contributed by atoms with E-state index in [4.69, 9.17) is 11.6 Å². The van der Waals surface area contributed by atoms with Crippen molar-refractivity contribution in [3.8, 4) is 0 Å². The molecule has 5 heteroatoms. The first-order valence-electron chi connectivity index (χ1n) is 2.17. The Labute approximate surface area is 60.7 Å². The molecule has 0 radical (unpaired) electrons. The number of aromatic nitrogens is 2. The van der Waals surface area contributed by atoms with Crippen LogP contribution in [-0.2, 0) is 0 Å². The van der Waals surface area contributed by atoms with Crippen molar-refractivity contribution in [3.05, 3.63) is 26.3 Å². The van der Waals surface area contributed by atoms with E-state index in [1.54, 1.807) is 0 Å². The lowest BCUT2D eigenvalue weighted by molar-refractivity contribution is 1.12. The molecule has 2 N–H and O–H groups in total. The molecule has 9 heavy (non-hydrogen) atoms. The van der Waals surface area contributed by atoms with Crippen molar-refractivity contribution in [1.29, 1.82) is 0 Å². The van der Waals surface area contributed by atoms with Gasteiger partial charge in [-0.1, -0.05) is 23.8 Å². The third-order valence-corrected chi connectivity index (χ3v) is 1.26. The molecule has 0 aliphatic carbocycles. The predicted molar refractivity (Wildman–Crippen MR) is 37.3 cm³/mol. The molecule has 1 aromatic rings. The molecule has 0 aliphatic heterocycles. The van der Waals surface area contributed by atoms with Crippen LogP contribution < -0.4 is 5.56 Å². The van der Waals surface area contributed by atoms with Crippen LogP contribution in [0.2, 0.25) is 5.15 Å². The average Bonchev–Trinajstić information content (AvgIpc) is 1.80. The van der Waals surface area contributed by atoms with Crippen molar-refractivity contribution in [3.63, 3.8) is 0 Å². The molecule has 0 fully saturated rings. The van der Waals surface area contributed by atoms with E-state index in [1.165, 1.54) is 6.20 Å². The van der Waals surface area contributed by atoms with E-state index in [9.17, 15) is 4.79 Å². The molecule has 0 atom stereocenters.